The molecular formula is C18H28NP. The molecule has 20 heavy (non-hydrogen) atoms. The van der Waals surface area contributed by atoms with Crippen molar-refractivity contribution in [1.82, 2.24) is 0 Å². The third-order valence-electron chi connectivity index (χ3n) is 5.34. The number of nitrogens with zero attached hydrogens (tertiary/aromatic N) is 1. The molecule has 2 aliphatic heterocycles. The second kappa shape index (κ2) is 5.68. The lowest BCUT2D eigenvalue weighted by molar-refractivity contribution is 0.696. The van der Waals surface area contributed by atoms with Crippen molar-refractivity contribution in [2.45, 2.75) is 76.8 Å². The van der Waals surface area contributed by atoms with Gasteiger partial charge in [0.05, 0.1) is 0 Å². The zero-order valence-corrected chi connectivity index (χ0v) is 14.2. The van der Waals surface area contributed by atoms with Gasteiger partial charge in [-0.3, -0.25) is 0 Å². The molecule has 0 aromatic heterocycles. The third kappa shape index (κ3) is 2.39. The van der Waals surface area contributed by atoms with Gasteiger partial charge in [-0.1, -0.05) is 40.0 Å². The van der Waals surface area contributed by atoms with E-state index in [-0.39, 0.29) is 7.92 Å². The van der Waals surface area contributed by atoms with Crippen LogP contribution in [0.1, 0.15) is 53.4 Å². The van der Waals surface area contributed by atoms with Gasteiger partial charge in [0.1, 0.15) is 0 Å². The van der Waals surface area contributed by atoms with E-state index in [1.54, 1.807) is 11.0 Å². The molecule has 2 saturated heterocycles. The molecule has 0 saturated carbocycles. The van der Waals surface area contributed by atoms with E-state index in [1.807, 2.05) is 0 Å². The molecule has 2 fully saturated rings. The topological polar surface area (TPSA) is 3.24 Å². The van der Waals surface area contributed by atoms with Crippen molar-refractivity contribution >= 4 is 18.9 Å². The van der Waals surface area contributed by atoms with Crippen molar-refractivity contribution in [1.29, 1.82) is 0 Å². The maximum absolute atomic E-state index is 2.70. The first-order valence-electron chi connectivity index (χ1n) is 8.25. The highest BCUT2D eigenvalue weighted by Gasteiger charge is 2.35. The van der Waals surface area contributed by atoms with E-state index in [0.29, 0.717) is 12.1 Å². The molecular weight excluding hydrogens is 261 g/mol. The van der Waals surface area contributed by atoms with E-state index < -0.39 is 0 Å². The SMILES string of the molecule is CC1CC[C@@H](C)N1c1ccccc1P1[C@H](C)CC[C@H]1C. The fourth-order valence-electron chi connectivity index (χ4n) is 4.24. The maximum Gasteiger partial charge on any atom is 0.0449 e. The van der Waals surface area contributed by atoms with Gasteiger partial charge in [0.15, 0.2) is 0 Å². The van der Waals surface area contributed by atoms with E-state index in [2.05, 4.69) is 56.9 Å². The van der Waals surface area contributed by atoms with Crippen molar-refractivity contribution in [2.24, 2.45) is 0 Å². The lowest BCUT2D eigenvalue weighted by Crippen LogP contribution is -2.36. The number of para-hydroxylation sites is 1. The molecule has 0 aliphatic carbocycles. The second-order valence-electron chi connectivity index (χ2n) is 6.85. The van der Waals surface area contributed by atoms with Gasteiger partial charge in [0.25, 0.3) is 0 Å². The van der Waals surface area contributed by atoms with Crippen LogP contribution in [-0.4, -0.2) is 23.4 Å². The lowest BCUT2D eigenvalue weighted by atomic mass is 10.2. The monoisotopic (exact) mass is 289 g/mol. The Balaban J connectivity index is 2.00. The zero-order chi connectivity index (χ0) is 14.3. The van der Waals surface area contributed by atoms with Crippen molar-refractivity contribution in [2.75, 3.05) is 4.90 Å². The van der Waals surface area contributed by atoms with Gasteiger partial charge < -0.3 is 4.90 Å². The summed E-state index contributed by atoms with van der Waals surface area (Å²) in [6.07, 6.45) is 5.54. The van der Waals surface area contributed by atoms with Gasteiger partial charge in [-0.15, -0.1) is 0 Å². The minimum absolute atomic E-state index is 0.0207. The smallest absolute Gasteiger partial charge is 0.0449 e. The number of benzene rings is 1. The van der Waals surface area contributed by atoms with Gasteiger partial charge >= 0.3 is 0 Å². The van der Waals surface area contributed by atoms with Gasteiger partial charge in [0.2, 0.25) is 0 Å². The summed E-state index contributed by atoms with van der Waals surface area (Å²) < 4.78 is 0. The molecule has 3 rings (SSSR count). The molecule has 1 aromatic carbocycles. The molecule has 110 valence electrons. The van der Waals surface area contributed by atoms with E-state index in [9.17, 15) is 0 Å². The van der Waals surface area contributed by atoms with Crippen molar-refractivity contribution < 1.29 is 0 Å². The zero-order valence-electron chi connectivity index (χ0n) is 13.3. The van der Waals surface area contributed by atoms with E-state index in [4.69, 9.17) is 0 Å². The summed E-state index contributed by atoms with van der Waals surface area (Å²) in [5.41, 5.74) is 3.35. The van der Waals surface area contributed by atoms with Crippen molar-refractivity contribution in [3.05, 3.63) is 24.3 Å². The van der Waals surface area contributed by atoms with Crippen LogP contribution in [-0.2, 0) is 0 Å². The molecule has 0 spiro atoms. The summed E-state index contributed by atoms with van der Waals surface area (Å²) in [6.45, 7) is 9.75. The highest BCUT2D eigenvalue weighted by molar-refractivity contribution is 7.67. The lowest BCUT2D eigenvalue weighted by Gasteiger charge is -2.34. The predicted octanol–water partition coefficient (Wildman–Crippen LogP) is 4.74. The number of rotatable bonds is 2. The first-order valence-corrected chi connectivity index (χ1v) is 9.73. The van der Waals surface area contributed by atoms with Crippen LogP contribution in [0.2, 0.25) is 0 Å². The van der Waals surface area contributed by atoms with Crippen molar-refractivity contribution in [3.63, 3.8) is 0 Å². The number of hydrogen-bond donors (Lipinski definition) is 0. The molecule has 1 unspecified atom stereocenters. The number of anilines is 1. The predicted molar refractivity (Wildman–Crippen MR) is 91.8 cm³/mol. The van der Waals surface area contributed by atoms with E-state index in [1.165, 1.54) is 25.7 Å². The Morgan fingerprint density at radius 3 is 2.00 bits per heavy atom. The van der Waals surface area contributed by atoms with Gasteiger partial charge in [-0.2, -0.15) is 0 Å². The average Bonchev–Trinajstić information content (AvgIpc) is 2.93. The standard InChI is InChI=1S/C18H28NP/c1-13-9-10-14(2)19(13)17-7-5-6-8-18(17)20-15(3)11-12-16(20)4/h5-8,13-16H,9-12H2,1-4H3/t13-,14?,15-,16-/m1/s1. The Labute approximate surface area is 125 Å². The second-order valence-corrected chi connectivity index (χ2v) is 9.91. The largest absolute Gasteiger partial charge is 0.366 e. The molecule has 2 heterocycles. The first-order chi connectivity index (χ1) is 9.59. The maximum atomic E-state index is 2.70. The summed E-state index contributed by atoms with van der Waals surface area (Å²) in [4.78, 5) is 2.70. The Bertz CT molecular complexity index is 409. The Morgan fingerprint density at radius 2 is 1.40 bits per heavy atom. The highest BCUT2D eigenvalue weighted by Crippen LogP contribution is 2.56. The molecule has 0 radical (unpaired) electrons. The average molecular weight is 289 g/mol. The fraction of sp³-hybridized carbons (Fsp3) is 0.667. The quantitative estimate of drug-likeness (QED) is 0.711. The molecule has 0 bridgehead atoms. The van der Waals surface area contributed by atoms with Gasteiger partial charge in [0, 0.05) is 17.8 Å². The van der Waals surface area contributed by atoms with Crippen LogP contribution in [0.5, 0.6) is 0 Å². The van der Waals surface area contributed by atoms with Crippen LogP contribution < -0.4 is 10.2 Å². The Kier molecular flexibility index (Phi) is 4.09. The summed E-state index contributed by atoms with van der Waals surface area (Å²) in [6, 6.07) is 10.7. The molecule has 1 aromatic rings. The summed E-state index contributed by atoms with van der Waals surface area (Å²) in [7, 11) is 0.0207. The third-order valence-corrected chi connectivity index (χ3v) is 8.69. The minimum Gasteiger partial charge on any atom is -0.366 e. The minimum atomic E-state index is 0.0207. The molecule has 2 heteroatoms. The van der Waals surface area contributed by atoms with Crippen LogP contribution in [0.15, 0.2) is 24.3 Å². The summed E-state index contributed by atoms with van der Waals surface area (Å²) in [5, 5.41) is 1.68. The molecule has 1 nitrogen and oxygen atoms in total. The highest BCUT2D eigenvalue weighted by atomic mass is 31.1. The van der Waals surface area contributed by atoms with Gasteiger partial charge in [-0.05, 0) is 62.2 Å². The molecule has 4 atom stereocenters. The summed E-state index contributed by atoms with van der Waals surface area (Å²) >= 11 is 0. The molecule has 0 amide bonds. The van der Waals surface area contributed by atoms with Crippen LogP contribution in [0.25, 0.3) is 0 Å². The van der Waals surface area contributed by atoms with Crippen LogP contribution in [0.3, 0.4) is 0 Å². The Morgan fingerprint density at radius 1 is 0.850 bits per heavy atom. The first kappa shape index (κ1) is 14.4. The number of hydrogen-bond acceptors (Lipinski definition) is 1. The molecule has 2 aliphatic rings. The Hall–Kier alpha value is -0.550. The van der Waals surface area contributed by atoms with Crippen LogP contribution in [0, 0.1) is 0 Å². The van der Waals surface area contributed by atoms with Crippen molar-refractivity contribution in [3.8, 4) is 0 Å². The van der Waals surface area contributed by atoms with E-state index in [0.717, 1.165) is 11.3 Å². The normalized spacial score (nSPS) is 34.9. The van der Waals surface area contributed by atoms with Crippen LogP contribution >= 0.6 is 7.92 Å². The fourth-order valence-corrected chi connectivity index (χ4v) is 7.63. The van der Waals surface area contributed by atoms with E-state index >= 15 is 0 Å². The molecule has 0 N–H and O–H groups in total. The van der Waals surface area contributed by atoms with Gasteiger partial charge in [-0.25, -0.2) is 0 Å². The van der Waals surface area contributed by atoms with Crippen LogP contribution in [0.4, 0.5) is 5.69 Å². The summed E-state index contributed by atoms with van der Waals surface area (Å²) in [5.74, 6) is 0.